The van der Waals surface area contributed by atoms with Crippen LogP contribution >= 0.6 is 0 Å². The number of pyridine rings is 1. The van der Waals surface area contributed by atoms with Gasteiger partial charge in [-0.15, -0.1) is 0 Å². The Hall–Kier alpha value is -3.33. The first-order valence-corrected chi connectivity index (χ1v) is 9.62. The van der Waals surface area contributed by atoms with E-state index in [1.807, 2.05) is 24.3 Å². The maximum atomic E-state index is 12.8. The van der Waals surface area contributed by atoms with Crippen molar-refractivity contribution in [3.05, 3.63) is 77.0 Å². The zero-order valence-corrected chi connectivity index (χ0v) is 16.7. The van der Waals surface area contributed by atoms with Gasteiger partial charge >= 0.3 is 12.1 Å². The first-order valence-electron chi connectivity index (χ1n) is 9.62. The van der Waals surface area contributed by atoms with Crippen molar-refractivity contribution in [1.82, 2.24) is 19.9 Å². The zero-order valence-electron chi connectivity index (χ0n) is 16.7. The highest BCUT2D eigenvalue weighted by Crippen LogP contribution is 2.28. The summed E-state index contributed by atoms with van der Waals surface area (Å²) in [4.78, 5) is 25.7. The number of aromatic nitrogens is 3. The predicted molar refractivity (Wildman–Crippen MR) is 106 cm³/mol. The summed E-state index contributed by atoms with van der Waals surface area (Å²) in [5.41, 5.74) is 3.91. The molecule has 3 heterocycles. The van der Waals surface area contributed by atoms with Crippen LogP contribution in [-0.4, -0.2) is 39.5 Å². The molecule has 1 aliphatic rings. The summed E-state index contributed by atoms with van der Waals surface area (Å²) in [5, 5.41) is 0. The Kier molecular flexibility index (Phi) is 5.69. The number of ether oxygens (including phenoxy) is 1. The normalized spacial score (nSPS) is 14.2. The predicted octanol–water partition coefficient (Wildman–Crippen LogP) is 3.90. The number of hydrogen-bond acceptors (Lipinski definition) is 6. The number of halogens is 3. The van der Waals surface area contributed by atoms with Crippen molar-refractivity contribution < 1.29 is 22.7 Å². The number of nitrogens with zero attached hydrogens (tertiary/aromatic N) is 4. The number of esters is 1. The van der Waals surface area contributed by atoms with Crippen LogP contribution < -0.4 is 0 Å². The lowest BCUT2D eigenvalue weighted by Crippen LogP contribution is -2.32. The largest absolute Gasteiger partial charge is 0.465 e. The van der Waals surface area contributed by atoms with Crippen LogP contribution in [0, 0.1) is 0 Å². The van der Waals surface area contributed by atoms with E-state index in [1.54, 1.807) is 18.2 Å². The van der Waals surface area contributed by atoms with Crippen LogP contribution in [0.15, 0.2) is 48.7 Å². The molecule has 4 rings (SSSR count). The molecule has 0 atom stereocenters. The van der Waals surface area contributed by atoms with E-state index in [-0.39, 0.29) is 0 Å². The lowest BCUT2D eigenvalue weighted by atomic mass is 10.1. The number of benzene rings is 1. The van der Waals surface area contributed by atoms with Crippen LogP contribution in [0.5, 0.6) is 0 Å². The Morgan fingerprint density at radius 3 is 2.74 bits per heavy atom. The molecule has 9 heteroatoms. The fraction of sp³-hybridized carbons (Fsp3) is 0.273. The number of hydrogen-bond donors (Lipinski definition) is 0. The van der Waals surface area contributed by atoms with Crippen LogP contribution in [0.3, 0.4) is 0 Å². The second-order valence-electron chi connectivity index (χ2n) is 7.21. The van der Waals surface area contributed by atoms with E-state index in [4.69, 9.17) is 9.72 Å². The van der Waals surface area contributed by atoms with Gasteiger partial charge in [-0.1, -0.05) is 18.2 Å². The Morgan fingerprint density at radius 2 is 1.97 bits per heavy atom. The highest BCUT2D eigenvalue weighted by molar-refractivity contribution is 5.90. The summed E-state index contributed by atoms with van der Waals surface area (Å²) in [7, 11) is 1.33. The minimum atomic E-state index is -4.54. The fourth-order valence-corrected chi connectivity index (χ4v) is 3.53. The number of carbonyl (C=O) groups excluding carboxylic acids is 1. The number of alkyl halides is 3. The molecule has 0 aliphatic carbocycles. The molecular weight excluding hydrogens is 409 g/mol. The number of methoxy groups -OCH3 is 1. The Morgan fingerprint density at radius 1 is 1.16 bits per heavy atom. The summed E-state index contributed by atoms with van der Waals surface area (Å²) in [6, 6.07) is 12.7. The van der Waals surface area contributed by atoms with E-state index in [9.17, 15) is 18.0 Å². The SMILES string of the molecule is COC(=O)c1cccc(-c2cccc(CN3CCc4nc(C(F)(F)F)ncc4C3)n2)c1. The summed E-state index contributed by atoms with van der Waals surface area (Å²) in [6.45, 7) is 1.56. The van der Waals surface area contributed by atoms with Crippen molar-refractivity contribution in [3.63, 3.8) is 0 Å². The standard InChI is InChI=1S/C22H19F3N4O2/c1-31-20(30)15-5-2-4-14(10-15)18-7-3-6-17(27-18)13-29-9-8-19-16(12-29)11-26-21(28-19)22(23,24)25/h2-7,10-11H,8-9,12-13H2,1H3. The lowest BCUT2D eigenvalue weighted by Gasteiger charge is -2.28. The molecule has 2 aromatic heterocycles. The highest BCUT2D eigenvalue weighted by Gasteiger charge is 2.35. The molecule has 31 heavy (non-hydrogen) atoms. The van der Waals surface area contributed by atoms with E-state index in [2.05, 4.69) is 14.9 Å². The van der Waals surface area contributed by atoms with E-state index in [0.717, 1.165) is 17.0 Å². The van der Waals surface area contributed by atoms with Gasteiger partial charge in [-0.3, -0.25) is 9.88 Å². The van der Waals surface area contributed by atoms with Crippen molar-refractivity contribution in [2.45, 2.75) is 25.7 Å². The first-order chi connectivity index (χ1) is 14.8. The van der Waals surface area contributed by atoms with E-state index >= 15 is 0 Å². The molecule has 1 aliphatic heterocycles. The maximum Gasteiger partial charge on any atom is 0.451 e. The van der Waals surface area contributed by atoms with Crippen molar-refractivity contribution in [1.29, 1.82) is 0 Å². The van der Waals surface area contributed by atoms with Gasteiger partial charge in [0, 0.05) is 43.4 Å². The molecule has 0 saturated carbocycles. The Labute approximate surface area is 176 Å². The van der Waals surface area contributed by atoms with Gasteiger partial charge in [-0.05, 0) is 24.3 Å². The molecule has 6 nitrogen and oxygen atoms in total. The maximum absolute atomic E-state index is 12.8. The summed E-state index contributed by atoms with van der Waals surface area (Å²) >= 11 is 0. The quantitative estimate of drug-likeness (QED) is 0.587. The van der Waals surface area contributed by atoms with Crippen molar-refractivity contribution in [2.75, 3.05) is 13.7 Å². The topological polar surface area (TPSA) is 68.2 Å². The molecule has 0 radical (unpaired) electrons. The van der Waals surface area contributed by atoms with Gasteiger partial charge in [0.1, 0.15) is 0 Å². The van der Waals surface area contributed by atoms with Crippen molar-refractivity contribution in [2.24, 2.45) is 0 Å². The van der Waals surface area contributed by atoms with Gasteiger partial charge in [-0.25, -0.2) is 14.8 Å². The zero-order chi connectivity index (χ0) is 22.0. The highest BCUT2D eigenvalue weighted by atomic mass is 19.4. The summed E-state index contributed by atoms with van der Waals surface area (Å²) in [5.74, 6) is -1.51. The van der Waals surface area contributed by atoms with Crippen LogP contribution in [0.4, 0.5) is 13.2 Å². The molecule has 0 fully saturated rings. The molecule has 0 N–H and O–H groups in total. The van der Waals surface area contributed by atoms with E-state index < -0.39 is 18.0 Å². The van der Waals surface area contributed by atoms with E-state index in [1.165, 1.54) is 13.3 Å². The molecule has 0 spiro atoms. The lowest BCUT2D eigenvalue weighted by molar-refractivity contribution is -0.145. The average molecular weight is 428 g/mol. The smallest absolute Gasteiger partial charge is 0.451 e. The fourth-order valence-electron chi connectivity index (χ4n) is 3.53. The monoisotopic (exact) mass is 428 g/mol. The average Bonchev–Trinajstić information content (AvgIpc) is 2.78. The van der Waals surface area contributed by atoms with Gasteiger partial charge in [0.25, 0.3) is 0 Å². The number of carbonyl (C=O) groups is 1. The van der Waals surface area contributed by atoms with E-state index in [0.29, 0.717) is 42.9 Å². The molecule has 3 aromatic rings. The van der Waals surface area contributed by atoms with Crippen LogP contribution in [-0.2, 0) is 30.4 Å². The molecular formula is C22H19F3N4O2. The molecule has 0 amide bonds. The first kappa shape index (κ1) is 20.9. The Balaban J connectivity index is 1.50. The number of rotatable bonds is 4. The van der Waals surface area contributed by atoms with Gasteiger partial charge < -0.3 is 4.74 Å². The third kappa shape index (κ3) is 4.72. The van der Waals surface area contributed by atoms with Gasteiger partial charge in [0.05, 0.1) is 29.8 Å². The third-order valence-electron chi connectivity index (χ3n) is 5.04. The molecule has 0 unspecified atom stereocenters. The van der Waals surface area contributed by atoms with Crippen LogP contribution in [0.2, 0.25) is 0 Å². The molecule has 0 bridgehead atoms. The van der Waals surface area contributed by atoms with Crippen LogP contribution in [0.1, 0.15) is 33.1 Å². The summed E-state index contributed by atoms with van der Waals surface area (Å²) in [6.07, 6.45) is -2.86. The summed E-state index contributed by atoms with van der Waals surface area (Å²) < 4.78 is 43.2. The van der Waals surface area contributed by atoms with Crippen LogP contribution in [0.25, 0.3) is 11.3 Å². The minimum Gasteiger partial charge on any atom is -0.465 e. The van der Waals surface area contributed by atoms with Gasteiger partial charge in [0.2, 0.25) is 5.82 Å². The number of fused-ring (bicyclic) bond motifs is 1. The third-order valence-corrected chi connectivity index (χ3v) is 5.04. The molecule has 160 valence electrons. The minimum absolute atomic E-state index is 0.416. The second kappa shape index (κ2) is 8.43. The molecule has 0 saturated heterocycles. The van der Waals surface area contributed by atoms with Gasteiger partial charge in [-0.2, -0.15) is 13.2 Å². The van der Waals surface area contributed by atoms with Crippen molar-refractivity contribution >= 4 is 5.97 Å². The Bertz CT molecular complexity index is 1120. The van der Waals surface area contributed by atoms with Crippen molar-refractivity contribution in [3.8, 4) is 11.3 Å². The second-order valence-corrected chi connectivity index (χ2v) is 7.21. The van der Waals surface area contributed by atoms with Gasteiger partial charge in [0.15, 0.2) is 0 Å². The molecule has 1 aromatic carbocycles.